The number of nitriles is 1. The first-order chi connectivity index (χ1) is 12.9. The van der Waals surface area contributed by atoms with Gasteiger partial charge in [0.1, 0.15) is 11.4 Å². The molecule has 142 valence electrons. The number of amides is 1. The molecule has 7 nitrogen and oxygen atoms in total. The predicted molar refractivity (Wildman–Crippen MR) is 100 cm³/mol. The number of benzene rings is 1. The van der Waals surface area contributed by atoms with Gasteiger partial charge in [-0.25, -0.2) is 9.07 Å². The van der Waals surface area contributed by atoms with Gasteiger partial charge in [0.05, 0.1) is 11.3 Å². The van der Waals surface area contributed by atoms with Crippen molar-refractivity contribution in [1.82, 2.24) is 20.2 Å². The highest BCUT2D eigenvalue weighted by Crippen LogP contribution is 2.29. The van der Waals surface area contributed by atoms with Crippen molar-refractivity contribution in [3.05, 3.63) is 30.1 Å². The maximum absolute atomic E-state index is 13.4. The molecule has 1 aliphatic rings. The molecular weight excluding hydrogens is 367 g/mol. The van der Waals surface area contributed by atoms with Gasteiger partial charge in [-0.1, -0.05) is 43.2 Å². The van der Waals surface area contributed by atoms with E-state index in [4.69, 9.17) is 5.84 Å². The summed E-state index contributed by atoms with van der Waals surface area (Å²) >= 11 is 1.14. The number of hydrogen-bond donors (Lipinski definition) is 2. The van der Waals surface area contributed by atoms with Crippen molar-refractivity contribution >= 4 is 17.7 Å². The van der Waals surface area contributed by atoms with Crippen molar-refractivity contribution in [3.63, 3.8) is 0 Å². The molecule has 1 amide bonds. The molecule has 1 heterocycles. The van der Waals surface area contributed by atoms with Crippen LogP contribution in [-0.2, 0) is 4.79 Å². The van der Waals surface area contributed by atoms with Gasteiger partial charge < -0.3 is 11.2 Å². The van der Waals surface area contributed by atoms with E-state index in [1.165, 1.54) is 16.8 Å². The third-order valence-corrected chi connectivity index (χ3v) is 5.74. The molecule has 0 saturated heterocycles. The molecule has 3 rings (SSSR count). The van der Waals surface area contributed by atoms with E-state index in [2.05, 4.69) is 21.6 Å². The molecule has 1 fully saturated rings. The van der Waals surface area contributed by atoms with E-state index < -0.39 is 16.6 Å². The zero-order valence-corrected chi connectivity index (χ0v) is 15.8. The molecule has 0 aliphatic heterocycles. The van der Waals surface area contributed by atoms with Crippen LogP contribution in [0.5, 0.6) is 0 Å². The number of aromatic nitrogens is 3. The molecular formula is C18H21FN6OS. The fourth-order valence-electron chi connectivity index (χ4n) is 3.15. The molecule has 9 heteroatoms. The summed E-state index contributed by atoms with van der Waals surface area (Å²) < 4.78 is 14.7. The summed E-state index contributed by atoms with van der Waals surface area (Å²) in [6.07, 6.45) is 4.29. The second kappa shape index (κ2) is 7.96. The SMILES string of the molecule is C[C@@H](Sc1nnc(-c2cccc(F)c2)n1N)C(=O)NC1(C#N)CCCCC1. The van der Waals surface area contributed by atoms with Crippen molar-refractivity contribution < 1.29 is 9.18 Å². The monoisotopic (exact) mass is 388 g/mol. The zero-order valence-electron chi connectivity index (χ0n) is 15.0. The van der Waals surface area contributed by atoms with Crippen molar-refractivity contribution in [2.45, 2.75) is 55.0 Å². The Bertz CT molecular complexity index is 871. The van der Waals surface area contributed by atoms with Crippen LogP contribution < -0.4 is 11.2 Å². The number of carbonyl (C=O) groups excluding carboxylic acids is 1. The quantitative estimate of drug-likeness (QED) is 0.602. The summed E-state index contributed by atoms with van der Waals surface area (Å²) in [7, 11) is 0. The average molecular weight is 388 g/mol. The van der Waals surface area contributed by atoms with Gasteiger partial charge in [0.25, 0.3) is 0 Å². The zero-order chi connectivity index (χ0) is 19.4. The maximum Gasteiger partial charge on any atom is 0.234 e. The van der Waals surface area contributed by atoms with Crippen LogP contribution in [0.15, 0.2) is 29.4 Å². The Morgan fingerprint density at radius 2 is 2.15 bits per heavy atom. The number of nitrogens with one attached hydrogen (secondary N) is 1. The van der Waals surface area contributed by atoms with E-state index in [1.54, 1.807) is 19.1 Å². The van der Waals surface area contributed by atoms with Crippen LogP contribution in [0.25, 0.3) is 11.4 Å². The lowest BCUT2D eigenvalue weighted by atomic mass is 9.83. The molecule has 27 heavy (non-hydrogen) atoms. The number of nitrogens with zero attached hydrogens (tertiary/aromatic N) is 4. The summed E-state index contributed by atoms with van der Waals surface area (Å²) in [5, 5.41) is 20.3. The van der Waals surface area contributed by atoms with Gasteiger partial charge >= 0.3 is 0 Å². The molecule has 0 unspecified atom stereocenters. The third kappa shape index (κ3) is 4.22. The molecule has 3 N–H and O–H groups in total. The van der Waals surface area contributed by atoms with Gasteiger partial charge in [-0.05, 0) is 31.9 Å². The van der Waals surface area contributed by atoms with Crippen LogP contribution in [0.2, 0.25) is 0 Å². The maximum atomic E-state index is 13.4. The van der Waals surface area contributed by atoms with Gasteiger partial charge in [-0.2, -0.15) is 5.26 Å². The van der Waals surface area contributed by atoms with E-state index in [-0.39, 0.29) is 5.91 Å². The second-order valence-corrected chi connectivity index (χ2v) is 8.00. The highest BCUT2D eigenvalue weighted by Gasteiger charge is 2.35. The number of hydrogen-bond acceptors (Lipinski definition) is 6. The summed E-state index contributed by atoms with van der Waals surface area (Å²) in [4.78, 5) is 12.6. The molecule has 1 atom stereocenters. The Labute approximate surface area is 161 Å². The Morgan fingerprint density at radius 3 is 2.81 bits per heavy atom. The van der Waals surface area contributed by atoms with E-state index >= 15 is 0 Å². The Kier molecular flexibility index (Phi) is 5.65. The van der Waals surface area contributed by atoms with E-state index in [0.717, 1.165) is 31.0 Å². The van der Waals surface area contributed by atoms with Crippen LogP contribution >= 0.6 is 11.8 Å². The summed E-state index contributed by atoms with van der Waals surface area (Å²) in [6, 6.07) is 8.17. The standard InChI is InChI=1S/C18H21FN6OS/c1-12(16(26)22-18(11-20)8-3-2-4-9-18)27-17-24-23-15(25(17)21)13-6-5-7-14(19)10-13/h5-7,10,12H,2-4,8-9,21H2,1H3,(H,22,26)/t12-/m1/s1. The summed E-state index contributed by atoms with van der Waals surface area (Å²) in [5.74, 6) is 5.71. The number of thioether (sulfide) groups is 1. The Balaban J connectivity index is 1.70. The van der Waals surface area contributed by atoms with Crippen LogP contribution in [0.3, 0.4) is 0 Å². The molecule has 0 radical (unpaired) electrons. The second-order valence-electron chi connectivity index (χ2n) is 6.69. The van der Waals surface area contributed by atoms with Crippen LogP contribution in [0.1, 0.15) is 39.0 Å². The third-order valence-electron chi connectivity index (χ3n) is 4.68. The highest BCUT2D eigenvalue weighted by molar-refractivity contribution is 8.00. The minimum Gasteiger partial charge on any atom is -0.337 e. The molecule has 1 aliphatic carbocycles. The number of halogens is 1. The lowest BCUT2D eigenvalue weighted by molar-refractivity contribution is -0.121. The van der Waals surface area contributed by atoms with Gasteiger partial charge in [0.2, 0.25) is 11.1 Å². The summed E-state index contributed by atoms with van der Waals surface area (Å²) in [6.45, 7) is 1.73. The van der Waals surface area contributed by atoms with Crippen molar-refractivity contribution in [3.8, 4) is 17.5 Å². The van der Waals surface area contributed by atoms with Crippen molar-refractivity contribution in [1.29, 1.82) is 5.26 Å². The number of carbonyl (C=O) groups is 1. The minimum absolute atomic E-state index is 0.237. The molecule has 2 aromatic rings. The fourth-order valence-corrected chi connectivity index (χ4v) is 3.92. The van der Waals surface area contributed by atoms with Crippen LogP contribution in [0, 0.1) is 17.1 Å². The first kappa shape index (κ1) is 19.2. The normalized spacial score (nSPS) is 17.1. The van der Waals surface area contributed by atoms with Gasteiger partial charge in [-0.15, -0.1) is 10.2 Å². The first-order valence-electron chi connectivity index (χ1n) is 8.80. The molecule has 1 aromatic carbocycles. The number of nitrogen functional groups attached to an aromatic ring is 1. The van der Waals surface area contributed by atoms with E-state index in [1.807, 2.05) is 0 Å². The number of rotatable bonds is 5. The fraction of sp³-hybridized carbons (Fsp3) is 0.444. The lowest BCUT2D eigenvalue weighted by Crippen LogP contribution is -2.51. The predicted octanol–water partition coefficient (Wildman–Crippen LogP) is 2.62. The lowest BCUT2D eigenvalue weighted by Gasteiger charge is -2.32. The van der Waals surface area contributed by atoms with Crippen molar-refractivity contribution in [2.24, 2.45) is 0 Å². The van der Waals surface area contributed by atoms with E-state index in [9.17, 15) is 14.4 Å². The van der Waals surface area contributed by atoms with Crippen LogP contribution in [0.4, 0.5) is 4.39 Å². The van der Waals surface area contributed by atoms with Crippen LogP contribution in [-0.4, -0.2) is 31.6 Å². The highest BCUT2D eigenvalue weighted by atomic mass is 32.2. The summed E-state index contributed by atoms with van der Waals surface area (Å²) in [5.41, 5.74) is -0.285. The topological polar surface area (TPSA) is 110 Å². The Hall–Kier alpha value is -2.60. The first-order valence-corrected chi connectivity index (χ1v) is 9.68. The minimum atomic E-state index is -0.784. The smallest absolute Gasteiger partial charge is 0.234 e. The largest absolute Gasteiger partial charge is 0.337 e. The van der Waals surface area contributed by atoms with E-state index in [0.29, 0.717) is 29.4 Å². The van der Waals surface area contributed by atoms with Gasteiger partial charge in [0, 0.05) is 5.56 Å². The Morgan fingerprint density at radius 1 is 1.41 bits per heavy atom. The molecule has 0 spiro atoms. The molecule has 1 aromatic heterocycles. The van der Waals surface area contributed by atoms with Gasteiger partial charge in [0.15, 0.2) is 5.82 Å². The molecule has 1 saturated carbocycles. The van der Waals surface area contributed by atoms with Crippen molar-refractivity contribution in [2.75, 3.05) is 5.84 Å². The molecule has 0 bridgehead atoms. The van der Waals surface area contributed by atoms with Gasteiger partial charge in [-0.3, -0.25) is 4.79 Å². The number of nitrogens with two attached hydrogens (primary N) is 1. The average Bonchev–Trinajstić information content (AvgIpc) is 3.03.